The number of carbonyl (C=O) groups excluding carboxylic acids is 1. The first kappa shape index (κ1) is 12.8. The molecule has 1 aliphatic heterocycles. The van der Waals surface area contributed by atoms with Gasteiger partial charge in [0.2, 0.25) is 5.95 Å². The Hall–Kier alpha value is -1.65. The zero-order chi connectivity index (χ0) is 13.2. The lowest BCUT2D eigenvalue weighted by molar-refractivity contribution is -0.153. The predicted octanol–water partition coefficient (Wildman–Crippen LogP) is 1.56. The average Bonchev–Trinajstić information content (AvgIpc) is 2.74. The minimum Gasteiger partial charge on any atom is -0.466 e. The summed E-state index contributed by atoms with van der Waals surface area (Å²) in [6.07, 6.45) is 2.53. The summed E-state index contributed by atoms with van der Waals surface area (Å²) in [7, 11) is 0. The summed E-state index contributed by atoms with van der Waals surface area (Å²) in [5, 5.41) is 0. The second-order valence-electron chi connectivity index (χ2n) is 4.95. The molecule has 1 unspecified atom stereocenters. The molecule has 0 saturated carbocycles. The van der Waals surface area contributed by atoms with Crippen molar-refractivity contribution < 1.29 is 9.53 Å². The molecule has 0 bridgehead atoms. The highest BCUT2D eigenvalue weighted by Crippen LogP contribution is 2.32. The van der Waals surface area contributed by atoms with E-state index in [9.17, 15) is 4.79 Å². The lowest BCUT2D eigenvalue weighted by Gasteiger charge is -2.22. The number of nitrogens with zero attached hydrogens (tertiary/aromatic N) is 3. The Bertz CT molecular complexity index is 450. The Balaban J connectivity index is 2.10. The summed E-state index contributed by atoms with van der Waals surface area (Å²) in [6, 6.07) is 1.87. The van der Waals surface area contributed by atoms with Gasteiger partial charge in [-0.25, -0.2) is 9.97 Å². The number of esters is 1. The summed E-state index contributed by atoms with van der Waals surface area (Å²) < 4.78 is 5.13. The third-order valence-corrected chi connectivity index (χ3v) is 3.31. The number of hydrogen-bond donors (Lipinski definition) is 0. The van der Waals surface area contributed by atoms with Crippen molar-refractivity contribution in [1.82, 2.24) is 9.97 Å². The monoisotopic (exact) mass is 249 g/mol. The van der Waals surface area contributed by atoms with Gasteiger partial charge in [-0.15, -0.1) is 0 Å². The van der Waals surface area contributed by atoms with Crippen molar-refractivity contribution in [2.45, 2.75) is 27.2 Å². The Labute approximate surface area is 107 Å². The summed E-state index contributed by atoms with van der Waals surface area (Å²) in [5.41, 5.74) is 0.494. The zero-order valence-electron chi connectivity index (χ0n) is 11.1. The van der Waals surface area contributed by atoms with Crippen LogP contribution in [-0.2, 0) is 9.53 Å². The van der Waals surface area contributed by atoms with Crippen LogP contribution in [0.3, 0.4) is 0 Å². The van der Waals surface area contributed by atoms with Gasteiger partial charge in [-0.1, -0.05) is 0 Å². The number of aryl methyl sites for hydroxylation is 1. The molecule has 2 heterocycles. The minimum atomic E-state index is -0.441. The molecule has 0 spiro atoms. The topological polar surface area (TPSA) is 55.3 Å². The SMILES string of the molecule is CCOC(=O)C1(C)CCN(c2nccc(C)n2)C1. The zero-order valence-corrected chi connectivity index (χ0v) is 11.1. The molecule has 0 aromatic carbocycles. The maximum Gasteiger partial charge on any atom is 0.313 e. The first-order valence-electron chi connectivity index (χ1n) is 6.27. The van der Waals surface area contributed by atoms with E-state index in [0.29, 0.717) is 19.1 Å². The lowest BCUT2D eigenvalue weighted by atomic mass is 9.90. The molecule has 0 amide bonds. The number of aromatic nitrogens is 2. The summed E-state index contributed by atoms with van der Waals surface area (Å²) >= 11 is 0. The van der Waals surface area contributed by atoms with Crippen molar-refractivity contribution in [1.29, 1.82) is 0 Å². The standard InChI is InChI=1S/C13H19N3O2/c1-4-18-11(17)13(3)6-8-16(9-13)12-14-7-5-10(2)15-12/h5,7H,4,6,8-9H2,1-3H3. The van der Waals surface area contributed by atoms with Gasteiger partial charge < -0.3 is 9.64 Å². The molecule has 1 saturated heterocycles. The number of rotatable bonds is 3. The van der Waals surface area contributed by atoms with E-state index in [1.165, 1.54) is 0 Å². The number of anilines is 1. The Morgan fingerprint density at radius 2 is 2.39 bits per heavy atom. The van der Waals surface area contributed by atoms with E-state index in [4.69, 9.17) is 4.74 Å². The van der Waals surface area contributed by atoms with Gasteiger partial charge in [-0.3, -0.25) is 4.79 Å². The van der Waals surface area contributed by atoms with Gasteiger partial charge >= 0.3 is 5.97 Å². The van der Waals surface area contributed by atoms with Crippen LogP contribution >= 0.6 is 0 Å². The fraction of sp³-hybridized carbons (Fsp3) is 0.615. The molecule has 1 aromatic heterocycles. The first-order chi connectivity index (χ1) is 8.55. The molecule has 5 heteroatoms. The highest BCUT2D eigenvalue weighted by molar-refractivity contribution is 5.78. The maximum atomic E-state index is 11.9. The highest BCUT2D eigenvalue weighted by atomic mass is 16.5. The second kappa shape index (κ2) is 4.92. The van der Waals surface area contributed by atoms with Crippen LogP contribution in [-0.4, -0.2) is 35.6 Å². The maximum absolute atomic E-state index is 11.9. The Kier molecular flexibility index (Phi) is 3.50. The van der Waals surface area contributed by atoms with Crippen molar-refractivity contribution in [3.8, 4) is 0 Å². The third kappa shape index (κ3) is 2.44. The van der Waals surface area contributed by atoms with Crippen LogP contribution < -0.4 is 4.90 Å². The van der Waals surface area contributed by atoms with Gasteiger partial charge in [0.25, 0.3) is 0 Å². The van der Waals surface area contributed by atoms with E-state index < -0.39 is 5.41 Å². The van der Waals surface area contributed by atoms with Crippen LogP contribution in [0, 0.1) is 12.3 Å². The highest BCUT2D eigenvalue weighted by Gasteiger charge is 2.42. The smallest absolute Gasteiger partial charge is 0.313 e. The molecule has 1 aromatic rings. The molecule has 0 aliphatic carbocycles. The van der Waals surface area contributed by atoms with Gasteiger partial charge in [0.1, 0.15) is 0 Å². The number of hydrogen-bond acceptors (Lipinski definition) is 5. The predicted molar refractivity (Wildman–Crippen MR) is 68.3 cm³/mol. The van der Waals surface area contributed by atoms with Crippen LogP contribution in [0.1, 0.15) is 26.0 Å². The normalized spacial score (nSPS) is 23.2. The molecule has 5 nitrogen and oxygen atoms in total. The molecule has 0 N–H and O–H groups in total. The summed E-state index contributed by atoms with van der Waals surface area (Å²) in [6.45, 7) is 7.55. The fourth-order valence-electron chi connectivity index (χ4n) is 2.19. The van der Waals surface area contributed by atoms with Crippen molar-refractivity contribution in [3.05, 3.63) is 18.0 Å². The summed E-state index contributed by atoms with van der Waals surface area (Å²) in [5.74, 6) is 0.572. The van der Waals surface area contributed by atoms with E-state index in [1.807, 2.05) is 31.7 Å². The van der Waals surface area contributed by atoms with E-state index in [2.05, 4.69) is 9.97 Å². The lowest BCUT2D eigenvalue weighted by Crippen LogP contribution is -2.34. The Morgan fingerprint density at radius 1 is 1.61 bits per heavy atom. The van der Waals surface area contributed by atoms with Gasteiger partial charge in [0.05, 0.1) is 12.0 Å². The molecule has 0 radical (unpaired) electrons. The van der Waals surface area contributed by atoms with Gasteiger partial charge in [0.15, 0.2) is 0 Å². The van der Waals surface area contributed by atoms with Crippen LogP contribution in [0.25, 0.3) is 0 Å². The molecule has 1 fully saturated rings. The molecular weight excluding hydrogens is 230 g/mol. The average molecular weight is 249 g/mol. The molecule has 1 atom stereocenters. The van der Waals surface area contributed by atoms with Crippen molar-refractivity contribution in [2.75, 3.05) is 24.6 Å². The number of carbonyl (C=O) groups is 1. The largest absolute Gasteiger partial charge is 0.466 e. The molecular formula is C13H19N3O2. The van der Waals surface area contributed by atoms with Crippen LogP contribution in [0.4, 0.5) is 5.95 Å². The van der Waals surface area contributed by atoms with E-state index in [1.54, 1.807) is 6.20 Å². The molecule has 18 heavy (non-hydrogen) atoms. The number of ether oxygens (including phenoxy) is 1. The van der Waals surface area contributed by atoms with E-state index in [-0.39, 0.29) is 5.97 Å². The van der Waals surface area contributed by atoms with Crippen LogP contribution in [0.2, 0.25) is 0 Å². The molecule has 98 valence electrons. The third-order valence-electron chi connectivity index (χ3n) is 3.31. The fourth-order valence-corrected chi connectivity index (χ4v) is 2.19. The summed E-state index contributed by atoms with van der Waals surface area (Å²) in [4.78, 5) is 22.6. The van der Waals surface area contributed by atoms with Crippen molar-refractivity contribution in [3.63, 3.8) is 0 Å². The van der Waals surface area contributed by atoms with Gasteiger partial charge in [-0.05, 0) is 33.3 Å². The van der Waals surface area contributed by atoms with Gasteiger partial charge in [0, 0.05) is 25.0 Å². The van der Waals surface area contributed by atoms with E-state index in [0.717, 1.165) is 18.7 Å². The second-order valence-corrected chi connectivity index (χ2v) is 4.95. The van der Waals surface area contributed by atoms with Gasteiger partial charge in [-0.2, -0.15) is 0 Å². The first-order valence-corrected chi connectivity index (χ1v) is 6.27. The molecule has 2 rings (SSSR count). The quantitative estimate of drug-likeness (QED) is 0.761. The van der Waals surface area contributed by atoms with Crippen LogP contribution in [0.15, 0.2) is 12.3 Å². The van der Waals surface area contributed by atoms with E-state index >= 15 is 0 Å². The van der Waals surface area contributed by atoms with Crippen molar-refractivity contribution in [2.24, 2.45) is 5.41 Å². The van der Waals surface area contributed by atoms with Crippen molar-refractivity contribution >= 4 is 11.9 Å². The Morgan fingerprint density at radius 3 is 3.06 bits per heavy atom. The van der Waals surface area contributed by atoms with Crippen LogP contribution in [0.5, 0.6) is 0 Å². The molecule has 1 aliphatic rings. The minimum absolute atomic E-state index is 0.125.